The number of sulfonamides is 1. The number of benzene rings is 1. The molecule has 0 atom stereocenters. The average molecular weight is 437 g/mol. The van der Waals surface area contributed by atoms with Gasteiger partial charge in [-0.2, -0.15) is 4.31 Å². The van der Waals surface area contributed by atoms with Crippen LogP contribution in [0.4, 0.5) is 5.69 Å². The van der Waals surface area contributed by atoms with Crippen molar-refractivity contribution < 1.29 is 18.0 Å². The Bertz CT molecular complexity index is 842. The molecule has 1 aliphatic heterocycles. The summed E-state index contributed by atoms with van der Waals surface area (Å²) in [7, 11) is -1.88. The van der Waals surface area contributed by atoms with Crippen molar-refractivity contribution in [2.45, 2.75) is 50.0 Å². The van der Waals surface area contributed by atoms with Crippen LogP contribution >= 0.6 is 0 Å². The maximum atomic E-state index is 12.9. The van der Waals surface area contributed by atoms with Gasteiger partial charge < -0.3 is 10.2 Å². The molecule has 1 aliphatic carbocycles. The summed E-state index contributed by atoms with van der Waals surface area (Å²) in [5.41, 5.74) is 0.571. The van der Waals surface area contributed by atoms with E-state index < -0.39 is 10.0 Å². The Kier molecular flexibility index (Phi) is 7.49. The summed E-state index contributed by atoms with van der Waals surface area (Å²) in [4.78, 5) is 27.7. The summed E-state index contributed by atoms with van der Waals surface area (Å²) in [5, 5.41) is 2.82. The van der Waals surface area contributed by atoms with Gasteiger partial charge in [-0.3, -0.25) is 14.5 Å². The number of nitrogens with one attached hydrogen (secondary N) is 1. The molecule has 0 radical (unpaired) electrons. The van der Waals surface area contributed by atoms with Crippen LogP contribution in [0.5, 0.6) is 0 Å². The van der Waals surface area contributed by atoms with E-state index in [1.165, 1.54) is 10.7 Å². The fourth-order valence-electron chi connectivity index (χ4n) is 4.14. The smallest absolute Gasteiger partial charge is 0.243 e. The first kappa shape index (κ1) is 22.7. The van der Waals surface area contributed by atoms with Crippen LogP contribution < -0.4 is 5.32 Å². The van der Waals surface area contributed by atoms with Gasteiger partial charge in [0.2, 0.25) is 21.8 Å². The second kappa shape index (κ2) is 9.89. The molecule has 1 heterocycles. The van der Waals surface area contributed by atoms with Crippen molar-refractivity contribution in [3.63, 3.8) is 0 Å². The first-order valence-electron chi connectivity index (χ1n) is 10.6. The Hall–Kier alpha value is -1.97. The molecule has 0 unspecified atom stereocenters. The number of piperazine rings is 1. The van der Waals surface area contributed by atoms with Gasteiger partial charge in [-0.25, -0.2) is 8.42 Å². The van der Waals surface area contributed by atoms with Crippen LogP contribution in [-0.4, -0.2) is 80.2 Å². The summed E-state index contributed by atoms with van der Waals surface area (Å²) < 4.78 is 27.3. The number of nitrogens with zero attached hydrogens (tertiary/aromatic N) is 3. The van der Waals surface area contributed by atoms with E-state index >= 15 is 0 Å². The van der Waals surface area contributed by atoms with Gasteiger partial charge in [0.05, 0.1) is 11.4 Å². The molecule has 30 heavy (non-hydrogen) atoms. The zero-order chi connectivity index (χ0) is 21.7. The van der Waals surface area contributed by atoms with Crippen molar-refractivity contribution in [1.29, 1.82) is 0 Å². The zero-order valence-electron chi connectivity index (χ0n) is 17.8. The molecule has 2 fully saturated rings. The van der Waals surface area contributed by atoms with Crippen LogP contribution in [0.1, 0.15) is 39.0 Å². The van der Waals surface area contributed by atoms with Crippen LogP contribution in [0, 0.1) is 0 Å². The van der Waals surface area contributed by atoms with Crippen molar-refractivity contribution in [3.8, 4) is 0 Å². The molecule has 1 N–H and O–H groups in total. The van der Waals surface area contributed by atoms with Gasteiger partial charge in [-0.1, -0.05) is 19.3 Å². The van der Waals surface area contributed by atoms with Crippen LogP contribution in [0.25, 0.3) is 0 Å². The van der Waals surface area contributed by atoms with Gasteiger partial charge in [0.1, 0.15) is 0 Å². The third-order valence-corrected chi connectivity index (χ3v) is 8.01. The molecule has 1 aromatic carbocycles. The minimum absolute atomic E-state index is 0.0586. The molecule has 166 valence electrons. The predicted octanol–water partition coefficient (Wildman–Crippen LogP) is 1.74. The third kappa shape index (κ3) is 5.59. The van der Waals surface area contributed by atoms with Gasteiger partial charge in [0.25, 0.3) is 0 Å². The lowest BCUT2D eigenvalue weighted by Crippen LogP contribution is -2.49. The van der Waals surface area contributed by atoms with Gasteiger partial charge in [-0.05, 0) is 37.1 Å². The second-order valence-electron chi connectivity index (χ2n) is 8.17. The highest BCUT2D eigenvalue weighted by Gasteiger charge is 2.29. The Morgan fingerprint density at radius 2 is 1.63 bits per heavy atom. The lowest BCUT2D eigenvalue weighted by Gasteiger charge is -2.33. The standard InChI is InChI=1S/C21H32N4O4S/c1-17(26)25-14-12-24(13-15-25)16-21(27)22-18-8-10-20(11-9-18)30(28,29)23(2)19-6-4-3-5-7-19/h8-11,19H,3-7,12-16H2,1-2H3,(H,22,27). The molecule has 8 nitrogen and oxygen atoms in total. The fraction of sp³-hybridized carbons (Fsp3) is 0.619. The number of anilines is 1. The third-order valence-electron chi connectivity index (χ3n) is 6.09. The molecule has 0 spiro atoms. The second-order valence-corrected chi connectivity index (χ2v) is 10.2. The molecule has 0 bridgehead atoms. The Labute approximate surface area is 179 Å². The average Bonchev–Trinajstić information content (AvgIpc) is 2.74. The summed E-state index contributed by atoms with van der Waals surface area (Å²) >= 11 is 0. The van der Waals surface area contributed by atoms with Crippen molar-refractivity contribution in [3.05, 3.63) is 24.3 Å². The number of hydrogen-bond acceptors (Lipinski definition) is 5. The minimum atomic E-state index is -3.54. The van der Waals surface area contributed by atoms with Gasteiger partial charge in [0.15, 0.2) is 0 Å². The molecule has 3 rings (SSSR count). The van der Waals surface area contributed by atoms with Crippen LogP contribution in [0.15, 0.2) is 29.2 Å². The first-order chi connectivity index (χ1) is 14.3. The lowest BCUT2D eigenvalue weighted by molar-refractivity contribution is -0.130. The highest BCUT2D eigenvalue weighted by Crippen LogP contribution is 2.27. The summed E-state index contributed by atoms with van der Waals surface area (Å²) in [6.45, 7) is 4.39. The fourth-order valence-corrected chi connectivity index (χ4v) is 5.56. The van der Waals surface area contributed by atoms with Crippen molar-refractivity contribution >= 4 is 27.5 Å². The minimum Gasteiger partial charge on any atom is -0.340 e. The van der Waals surface area contributed by atoms with E-state index in [0.29, 0.717) is 31.9 Å². The monoisotopic (exact) mass is 436 g/mol. The van der Waals surface area contributed by atoms with Gasteiger partial charge in [-0.15, -0.1) is 0 Å². The van der Waals surface area contributed by atoms with E-state index in [2.05, 4.69) is 5.32 Å². The highest BCUT2D eigenvalue weighted by molar-refractivity contribution is 7.89. The molecule has 1 aromatic rings. The van der Waals surface area contributed by atoms with Gasteiger partial charge >= 0.3 is 0 Å². The molecule has 1 saturated heterocycles. The number of hydrogen-bond donors (Lipinski definition) is 1. The van der Waals surface area contributed by atoms with E-state index in [1.54, 1.807) is 43.1 Å². The molecular formula is C21H32N4O4S. The number of carbonyl (C=O) groups excluding carboxylic acids is 2. The van der Waals surface area contributed by atoms with Crippen LogP contribution in [0.2, 0.25) is 0 Å². The Morgan fingerprint density at radius 3 is 2.20 bits per heavy atom. The molecule has 2 amide bonds. The van der Waals surface area contributed by atoms with E-state index in [1.807, 2.05) is 4.90 Å². The maximum Gasteiger partial charge on any atom is 0.243 e. The quantitative estimate of drug-likeness (QED) is 0.734. The van der Waals surface area contributed by atoms with Crippen molar-refractivity contribution in [2.75, 3.05) is 45.1 Å². The summed E-state index contributed by atoms with van der Waals surface area (Å²) in [6.07, 6.45) is 5.12. The Morgan fingerprint density at radius 1 is 1.03 bits per heavy atom. The number of rotatable bonds is 6. The highest BCUT2D eigenvalue weighted by atomic mass is 32.2. The lowest BCUT2D eigenvalue weighted by atomic mass is 9.96. The van der Waals surface area contributed by atoms with E-state index in [0.717, 1.165) is 25.7 Å². The molecule has 1 saturated carbocycles. The predicted molar refractivity (Wildman–Crippen MR) is 116 cm³/mol. The zero-order valence-corrected chi connectivity index (χ0v) is 18.7. The van der Waals surface area contributed by atoms with Crippen molar-refractivity contribution in [2.24, 2.45) is 0 Å². The van der Waals surface area contributed by atoms with Crippen LogP contribution in [-0.2, 0) is 19.6 Å². The largest absolute Gasteiger partial charge is 0.340 e. The van der Waals surface area contributed by atoms with E-state index in [-0.39, 0.29) is 29.3 Å². The topological polar surface area (TPSA) is 90.0 Å². The number of carbonyl (C=O) groups is 2. The first-order valence-corrected chi connectivity index (χ1v) is 12.1. The van der Waals surface area contributed by atoms with Crippen molar-refractivity contribution in [1.82, 2.24) is 14.1 Å². The molecular weight excluding hydrogens is 404 g/mol. The summed E-state index contributed by atoms with van der Waals surface area (Å²) in [6, 6.07) is 6.43. The molecule has 9 heteroatoms. The Balaban J connectivity index is 1.53. The van der Waals surface area contributed by atoms with Crippen LogP contribution in [0.3, 0.4) is 0 Å². The maximum absolute atomic E-state index is 12.9. The van der Waals surface area contributed by atoms with E-state index in [4.69, 9.17) is 0 Å². The normalized spacial score (nSPS) is 19.1. The SMILES string of the molecule is CC(=O)N1CCN(CC(=O)Nc2ccc(S(=O)(=O)N(C)C3CCCCC3)cc2)CC1. The number of amides is 2. The molecule has 2 aliphatic rings. The summed E-state index contributed by atoms with van der Waals surface area (Å²) in [5.74, 6) is -0.0931. The van der Waals surface area contributed by atoms with E-state index in [9.17, 15) is 18.0 Å². The molecule has 0 aromatic heterocycles. The van der Waals surface area contributed by atoms with Gasteiger partial charge in [0, 0.05) is 51.9 Å².